The molecule has 2 amide bonds. The van der Waals surface area contributed by atoms with Crippen molar-refractivity contribution in [2.24, 2.45) is 0 Å². The van der Waals surface area contributed by atoms with E-state index in [1.807, 2.05) is 24.4 Å². The lowest BCUT2D eigenvalue weighted by Gasteiger charge is -2.29. The Kier molecular flexibility index (Phi) is 5.60. The SMILES string of the molecule is Cc1nc(CNC(=O)NCc2cccnc2N2CCOCC2)cs1. The summed E-state index contributed by atoms with van der Waals surface area (Å²) in [6.07, 6.45) is 1.78. The van der Waals surface area contributed by atoms with Gasteiger partial charge < -0.3 is 20.3 Å². The monoisotopic (exact) mass is 347 g/mol. The van der Waals surface area contributed by atoms with Crippen molar-refractivity contribution >= 4 is 23.2 Å². The molecule has 0 bridgehead atoms. The minimum absolute atomic E-state index is 0.211. The fourth-order valence-electron chi connectivity index (χ4n) is 2.53. The van der Waals surface area contributed by atoms with Crippen LogP contribution in [0, 0.1) is 6.92 Å². The number of aryl methyl sites for hydroxylation is 1. The van der Waals surface area contributed by atoms with Crippen LogP contribution in [0.4, 0.5) is 10.6 Å². The van der Waals surface area contributed by atoms with Crippen LogP contribution in [0.5, 0.6) is 0 Å². The van der Waals surface area contributed by atoms with Crippen LogP contribution in [0.1, 0.15) is 16.3 Å². The number of amides is 2. The van der Waals surface area contributed by atoms with Crippen LogP contribution in [0.2, 0.25) is 0 Å². The van der Waals surface area contributed by atoms with Gasteiger partial charge in [0.1, 0.15) is 5.82 Å². The van der Waals surface area contributed by atoms with Crippen molar-refractivity contribution in [2.75, 3.05) is 31.2 Å². The number of aromatic nitrogens is 2. The molecule has 0 radical (unpaired) electrons. The van der Waals surface area contributed by atoms with E-state index in [9.17, 15) is 4.79 Å². The van der Waals surface area contributed by atoms with E-state index in [4.69, 9.17) is 4.74 Å². The molecule has 0 aromatic carbocycles. The third kappa shape index (κ3) is 4.42. The molecule has 128 valence electrons. The van der Waals surface area contributed by atoms with Gasteiger partial charge in [0.25, 0.3) is 0 Å². The Morgan fingerprint density at radius 2 is 2.12 bits per heavy atom. The van der Waals surface area contributed by atoms with Gasteiger partial charge in [-0.2, -0.15) is 0 Å². The van der Waals surface area contributed by atoms with E-state index >= 15 is 0 Å². The molecule has 1 fully saturated rings. The predicted molar refractivity (Wildman–Crippen MR) is 93.2 cm³/mol. The first-order valence-corrected chi connectivity index (χ1v) is 8.79. The molecule has 24 heavy (non-hydrogen) atoms. The highest BCUT2D eigenvalue weighted by molar-refractivity contribution is 7.09. The van der Waals surface area contributed by atoms with Crippen molar-refractivity contribution in [3.8, 4) is 0 Å². The molecule has 0 saturated carbocycles. The van der Waals surface area contributed by atoms with Crippen LogP contribution in [0.3, 0.4) is 0 Å². The second-order valence-electron chi connectivity index (χ2n) is 5.48. The molecular formula is C16H21N5O2S. The Hall–Kier alpha value is -2.19. The number of hydrogen-bond acceptors (Lipinski definition) is 6. The van der Waals surface area contributed by atoms with Crippen LogP contribution in [-0.2, 0) is 17.8 Å². The zero-order chi connectivity index (χ0) is 16.8. The molecule has 8 heteroatoms. The normalized spacial score (nSPS) is 14.5. The van der Waals surface area contributed by atoms with Crippen molar-refractivity contribution in [3.63, 3.8) is 0 Å². The second kappa shape index (κ2) is 8.07. The van der Waals surface area contributed by atoms with Crippen LogP contribution in [0.15, 0.2) is 23.7 Å². The zero-order valence-electron chi connectivity index (χ0n) is 13.6. The number of nitrogens with one attached hydrogen (secondary N) is 2. The van der Waals surface area contributed by atoms with Gasteiger partial charge in [-0.15, -0.1) is 11.3 Å². The van der Waals surface area contributed by atoms with Crippen molar-refractivity contribution in [1.82, 2.24) is 20.6 Å². The summed E-state index contributed by atoms with van der Waals surface area (Å²) in [5.41, 5.74) is 1.88. The summed E-state index contributed by atoms with van der Waals surface area (Å²) in [7, 11) is 0. The van der Waals surface area contributed by atoms with Crippen molar-refractivity contribution in [3.05, 3.63) is 40.0 Å². The van der Waals surface area contributed by atoms with Gasteiger partial charge in [-0.05, 0) is 13.0 Å². The van der Waals surface area contributed by atoms with Gasteiger partial charge in [0.05, 0.1) is 30.5 Å². The van der Waals surface area contributed by atoms with E-state index in [2.05, 4.69) is 25.5 Å². The lowest BCUT2D eigenvalue weighted by molar-refractivity contribution is 0.122. The number of carbonyl (C=O) groups excluding carboxylic acids is 1. The molecular weight excluding hydrogens is 326 g/mol. The van der Waals surface area contributed by atoms with Crippen LogP contribution >= 0.6 is 11.3 Å². The average molecular weight is 347 g/mol. The fraction of sp³-hybridized carbons (Fsp3) is 0.438. The summed E-state index contributed by atoms with van der Waals surface area (Å²) >= 11 is 1.58. The van der Waals surface area contributed by atoms with Gasteiger partial charge in [0.2, 0.25) is 0 Å². The van der Waals surface area contributed by atoms with Crippen molar-refractivity contribution < 1.29 is 9.53 Å². The topological polar surface area (TPSA) is 79.4 Å². The van der Waals surface area contributed by atoms with Gasteiger partial charge in [0.15, 0.2) is 0 Å². The number of nitrogens with zero attached hydrogens (tertiary/aromatic N) is 3. The van der Waals surface area contributed by atoms with Crippen molar-refractivity contribution in [1.29, 1.82) is 0 Å². The number of anilines is 1. The Labute approximate surface area is 145 Å². The van der Waals surface area contributed by atoms with Crippen LogP contribution < -0.4 is 15.5 Å². The lowest BCUT2D eigenvalue weighted by Crippen LogP contribution is -2.38. The Balaban J connectivity index is 1.53. The first-order chi connectivity index (χ1) is 11.7. The molecule has 1 saturated heterocycles. The standard InChI is InChI=1S/C16H21N5O2S/c1-12-20-14(11-24-12)10-19-16(22)18-9-13-3-2-4-17-15(13)21-5-7-23-8-6-21/h2-4,11H,5-10H2,1H3,(H2,18,19,22). The molecule has 1 aliphatic heterocycles. The molecule has 0 aliphatic carbocycles. The molecule has 3 heterocycles. The molecule has 3 rings (SSSR count). The third-order valence-electron chi connectivity index (χ3n) is 3.71. The smallest absolute Gasteiger partial charge is 0.315 e. The predicted octanol–water partition coefficient (Wildman–Crippen LogP) is 1.68. The maximum absolute atomic E-state index is 12.0. The summed E-state index contributed by atoms with van der Waals surface area (Å²) in [5, 5.41) is 8.65. The molecule has 0 spiro atoms. The molecule has 2 N–H and O–H groups in total. The summed E-state index contributed by atoms with van der Waals surface area (Å²) in [6.45, 7) is 5.86. The molecule has 1 aliphatic rings. The first kappa shape index (κ1) is 16.7. The van der Waals surface area contributed by atoms with Gasteiger partial charge in [-0.3, -0.25) is 0 Å². The number of ether oxygens (including phenoxy) is 1. The number of pyridine rings is 1. The minimum atomic E-state index is -0.211. The second-order valence-corrected chi connectivity index (χ2v) is 6.54. The van der Waals surface area contributed by atoms with Gasteiger partial charge in [-0.1, -0.05) is 6.07 Å². The highest BCUT2D eigenvalue weighted by Gasteiger charge is 2.16. The summed E-state index contributed by atoms with van der Waals surface area (Å²) < 4.78 is 5.38. The lowest BCUT2D eigenvalue weighted by atomic mass is 10.2. The number of urea groups is 1. The number of hydrogen-bond donors (Lipinski definition) is 2. The number of rotatable bonds is 5. The largest absolute Gasteiger partial charge is 0.378 e. The van der Waals surface area contributed by atoms with E-state index in [1.165, 1.54) is 0 Å². The zero-order valence-corrected chi connectivity index (χ0v) is 14.4. The highest BCUT2D eigenvalue weighted by Crippen LogP contribution is 2.18. The maximum Gasteiger partial charge on any atom is 0.315 e. The average Bonchev–Trinajstić information content (AvgIpc) is 3.04. The molecule has 0 atom stereocenters. The summed E-state index contributed by atoms with van der Waals surface area (Å²) in [5.74, 6) is 0.913. The van der Waals surface area contributed by atoms with E-state index in [-0.39, 0.29) is 6.03 Å². The summed E-state index contributed by atoms with van der Waals surface area (Å²) in [4.78, 5) is 23.0. The Morgan fingerprint density at radius 1 is 1.33 bits per heavy atom. The fourth-order valence-corrected chi connectivity index (χ4v) is 3.14. The molecule has 2 aromatic rings. The van der Waals surface area contributed by atoms with Gasteiger partial charge in [-0.25, -0.2) is 14.8 Å². The van der Waals surface area contributed by atoms with E-state index < -0.39 is 0 Å². The highest BCUT2D eigenvalue weighted by atomic mass is 32.1. The Bertz CT molecular complexity index is 685. The number of thiazole rings is 1. The van der Waals surface area contributed by atoms with Crippen molar-refractivity contribution in [2.45, 2.75) is 20.0 Å². The molecule has 7 nitrogen and oxygen atoms in total. The minimum Gasteiger partial charge on any atom is -0.378 e. The first-order valence-electron chi connectivity index (χ1n) is 7.91. The number of morpholine rings is 1. The maximum atomic E-state index is 12.0. The van der Waals surface area contributed by atoms with Crippen LogP contribution in [0.25, 0.3) is 0 Å². The number of carbonyl (C=O) groups is 1. The molecule has 0 unspecified atom stereocenters. The van der Waals surface area contributed by atoms with E-state index in [0.717, 1.165) is 35.2 Å². The summed E-state index contributed by atoms with van der Waals surface area (Å²) in [6, 6.07) is 3.66. The third-order valence-corrected chi connectivity index (χ3v) is 4.54. The molecule has 2 aromatic heterocycles. The van der Waals surface area contributed by atoms with E-state index in [1.54, 1.807) is 17.5 Å². The van der Waals surface area contributed by atoms with Crippen LogP contribution in [-0.4, -0.2) is 42.3 Å². The van der Waals surface area contributed by atoms with Gasteiger partial charge in [0, 0.05) is 36.8 Å². The Morgan fingerprint density at radius 3 is 2.88 bits per heavy atom. The van der Waals surface area contributed by atoms with E-state index in [0.29, 0.717) is 26.3 Å². The quantitative estimate of drug-likeness (QED) is 0.860. The van der Waals surface area contributed by atoms with Gasteiger partial charge >= 0.3 is 6.03 Å².